The fraction of sp³-hybridized carbons (Fsp3) is 0.118. The van der Waals surface area contributed by atoms with Gasteiger partial charge in [0, 0.05) is 10.9 Å². The summed E-state index contributed by atoms with van der Waals surface area (Å²) in [5.74, 6) is 0.353. The first kappa shape index (κ1) is 14.0. The van der Waals surface area contributed by atoms with Gasteiger partial charge in [0.25, 0.3) is 0 Å². The Balaban J connectivity index is 2.08. The van der Waals surface area contributed by atoms with Gasteiger partial charge in [-0.05, 0) is 41.5 Å². The van der Waals surface area contributed by atoms with Crippen molar-refractivity contribution in [2.75, 3.05) is 14.2 Å². The number of carboxylic acids is 1. The van der Waals surface area contributed by atoms with Crippen LogP contribution in [0, 0.1) is 0 Å². The smallest absolute Gasteiger partial charge is 0.352 e. The number of aromatic carboxylic acids is 1. The van der Waals surface area contributed by atoms with Gasteiger partial charge in [0.1, 0.15) is 5.69 Å². The van der Waals surface area contributed by atoms with E-state index < -0.39 is 5.97 Å². The zero-order chi connectivity index (χ0) is 15.7. The van der Waals surface area contributed by atoms with E-state index >= 15 is 0 Å². The van der Waals surface area contributed by atoms with Crippen LogP contribution in [0.5, 0.6) is 11.5 Å². The molecule has 0 spiro atoms. The summed E-state index contributed by atoms with van der Waals surface area (Å²) in [5.41, 5.74) is 2.92. The van der Waals surface area contributed by atoms with Crippen LogP contribution in [0.4, 0.5) is 0 Å². The highest BCUT2D eigenvalue weighted by Crippen LogP contribution is 2.33. The summed E-state index contributed by atoms with van der Waals surface area (Å²) in [6, 6.07) is 13.1. The molecule has 0 saturated heterocycles. The van der Waals surface area contributed by atoms with Crippen LogP contribution in [0.3, 0.4) is 0 Å². The fourth-order valence-electron chi connectivity index (χ4n) is 2.44. The lowest BCUT2D eigenvalue weighted by molar-refractivity contribution is 0.0691. The zero-order valence-electron chi connectivity index (χ0n) is 12.2. The molecule has 22 heavy (non-hydrogen) atoms. The number of aromatic amines is 1. The highest BCUT2D eigenvalue weighted by atomic mass is 16.5. The van der Waals surface area contributed by atoms with E-state index in [1.807, 2.05) is 36.4 Å². The Labute approximate surface area is 127 Å². The fourth-order valence-corrected chi connectivity index (χ4v) is 2.44. The molecule has 0 atom stereocenters. The van der Waals surface area contributed by atoms with Crippen LogP contribution < -0.4 is 9.47 Å². The van der Waals surface area contributed by atoms with E-state index in [9.17, 15) is 4.79 Å². The van der Waals surface area contributed by atoms with Crippen molar-refractivity contribution in [2.45, 2.75) is 0 Å². The lowest BCUT2D eigenvalue weighted by Gasteiger charge is -2.09. The molecule has 3 rings (SSSR count). The molecule has 0 fully saturated rings. The molecule has 0 aliphatic carbocycles. The molecule has 112 valence electrons. The standard InChI is InChI=1S/C17H15NO4/c1-21-15-6-4-11(9-16(15)22-2)10-3-5-13-12(7-10)8-14(18-13)17(19)20/h3-9,18H,1-2H3,(H,19,20). The Bertz CT molecular complexity index is 851. The second kappa shape index (κ2) is 5.44. The summed E-state index contributed by atoms with van der Waals surface area (Å²) in [5, 5.41) is 9.89. The highest BCUT2D eigenvalue weighted by molar-refractivity contribution is 5.95. The monoisotopic (exact) mass is 297 g/mol. The molecule has 0 saturated carbocycles. The quantitative estimate of drug-likeness (QED) is 0.772. The summed E-state index contributed by atoms with van der Waals surface area (Å²) in [6.45, 7) is 0. The Kier molecular flexibility index (Phi) is 3.47. The number of nitrogens with one attached hydrogen (secondary N) is 1. The van der Waals surface area contributed by atoms with E-state index in [4.69, 9.17) is 14.6 Å². The van der Waals surface area contributed by atoms with Gasteiger partial charge in [-0.25, -0.2) is 4.79 Å². The minimum Gasteiger partial charge on any atom is -0.493 e. The van der Waals surface area contributed by atoms with E-state index in [2.05, 4.69) is 4.98 Å². The highest BCUT2D eigenvalue weighted by Gasteiger charge is 2.10. The van der Waals surface area contributed by atoms with Crippen LogP contribution in [0.2, 0.25) is 0 Å². The molecule has 5 nitrogen and oxygen atoms in total. The second-order valence-electron chi connectivity index (χ2n) is 4.86. The van der Waals surface area contributed by atoms with E-state index in [0.29, 0.717) is 11.5 Å². The van der Waals surface area contributed by atoms with Gasteiger partial charge >= 0.3 is 5.97 Å². The van der Waals surface area contributed by atoms with Crippen molar-refractivity contribution in [3.8, 4) is 22.6 Å². The number of carbonyl (C=O) groups is 1. The number of carboxylic acid groups (broad SMARTS) is 1. The van der Waals surface area contributed by atoms with Gasteiger partial charge in [0.15, 0.2) is 11.5 Å². The molecule has 2 aromatic carbocycles. The Morgan fingerprint density at radius 3 is 2.32 bits per heavy atom. The number of benzene rings is 2. The third kappa shape index (κ3) is 2.37. The van der Waals surface area contributed by atoms with Crippen LogP contribution in [0.1, 0.15) is 10.5 Å². The largest absolute Gasteiger partial charge is 0.493 e. The average molecular weight is 297 g/mol. The first-order chi connectivity index (χ1) is 10.6. The Morgan fingerprint density at radius 1 is 0.955 bits per heavy atom. The van der Waals surface area contributed by atoms with Gasteiger partial charge < -0.3 is 19.6 Å². The van der Waals surface area contributed by atoms with Crippen molar-refractivity contribution in [3.05, 3.63) is 48.2 Å². The van der Waals surface area contributed by atoms with Crippen molar-refractivity contribution in [3.63, 3.8) is 0 Å². The van der Waals surface area contributed by atoms with Gasteiger partial charge in [-0.3, -0.25) is 0 Å². The zero-order valence-corrected chi connectivity index (χ0v) is 12.2. The SMILES string of the molecule is COc1ccc(-c2ccc3[nH]c(C(=O)O)cc3c2)cc1OC. The van der Waals surface area contributed by atoms with Crippen LogP contribution in [-0.4, -0.2) is 30.3 Å². The van der Waals surface area contributed by atoms with E-state index in [1.165, 1.54) is 0 Å². The lowest BCUT2D eigenvalue weighted by atomic mass is 10.0. The molecular weight excluding hydrogens is 282 g/mol. The van der Waals surface area contributed by atoms with Crippen LogP contribution in [0.15, 0.2) is 42.5 Å². The summed E-state index contributed by atoms with van der Waals surface area (Å²) < 4.78 is 10.5. The molecule has 1 aromatic heterocycles. The van der Waals surface area contributed by atoms with Crippen LogP contribution in [0.25, 0.3) is 22.0 Å². The Morgan fingerprint density at radius 2 is 1.64 bits per heavy atom. The Hall–Kier alpha value is -2.95. The number of rotatable bonds is 4. The maximum absolute atomic E-state index is 11.0. The van der Waals surface area contributed by atoms with E-state index in [-0.39, 0.29) is 5.69 Å². The number of hydrogen-bond acceptors (Lipinski definition) is 3. The lowest BCUT2D eigenvalue weighted by Crippen LogP contribution is -1.94. The topological polar surface area (TPSA) is 71.6 Å². The van der Waals surface area contributed by atoms with Gasteiger partial charge in [0.2, 0.25) is 0 Å². The molecular formula is C17H15NO4. The second-order valence-corrected chi connectivity index (χ2v) is 4.86. The molecule has 1 heterocycles. The van der Waals surface area contributed by atoms with Gasteiger partial charge in [-0.1, -0.05) is 12.1 Å². The molecule has 0 aliphatic heterocycles. The summed E-state index contributed by atoms with van der Waals surface area (Å²) in [4.78, 5) is 13.9. The summed E-state index contributed by atoms with van der Waals surface area (Å²) in [7, 11) is 3.19. The third-order valence-electron chi connectivity index (χ3n) is 3.57. The molecule has 0 bridgehead atoms. The minimum absolute atomic E-state index is 0.180. The van der Waals surface area contributed by atoms with Crippen LogP contribution in [-0.2, 0) is 0 Å². The predicted octanol–water partition coefficient (Wildman–Crippen LogP) is 3.55. The number of H-pyrrole nitrogens is 1. The van der Waals surface area contributed by atoms with E-state index in [1.54, 1.807) is 20.3 Å². The van der Waals surface area contributed by atoms with E-state index in [0.717, 1.165) is 22.0 Å². The third-order valence-corrected chi connectivity index (χ3v) is 3.57. The molecule has 0 unspecified atom stereocenters. The first-order valence-electron chi connectivity index (χ1n) is 6.71. The molecule has 0 radical (unpaired) electrons. The molecule has 2 N–H and O–H groups in total. The number of ether oxygens (including phenoxy) is 2. The van der Waals surface area contributed by atoms with Crippen LogP contribution >= 0.6 is 0 Å². The molecule has 0 aliphatic rings. The van der Waals surface area contributed by atoms with Gasteiger partial charge in [0.05, 0.1) is 14.2 Å². The van der Waals surface area contributed by atoms with Crippen molar-refractivity contribution in [2.24, 2.45) is 0 Å². The number of aromatic nitrogens is 1. The predicted molar refractivity (Wildman–Crippen MR) is 83.8 cm³/mol. The number of methoxy groups -OCH3 is 2. The number of fused-ring (bicyclic) bond motifs is 1. The molecule has 5 heteroatoms. The maximum atomic E-state index is 11.0. The van der Waals surface area contributed by atoms with Crippen molar-refractivity contribution in [1.82, 2.24) is 4.98 Å². The normalized spacial score (nSPS) is 10.6. The minimum atomic E-state index is -0.969. The van der Waals surface area contributed by atoms with Crippen molar-refractivity contribution >= 4 is 16.9 Å². The number of hydrogen-bond donors (Lipinski definition) is 2. The van der Waals surface area contributed by atoms with Crippen molar-refractivity contribution in [1.29, 1.82) is 0 Å². The van der Waals surface area contributed by atoms with Gasteiger partial charge in [-0.15, -0.1) is 0 Å². The summed E-state index contributed by atoms with van der Waals surface area (Å²) >= 11 is 0. The van der Waals surface area contributed by atoms with Gasteiger partial charge in [-0.2, -0.15) is 0 Å². The first-order valence-corrected chi connectivity index (χ1v) is 6.71. The summed E-state index contributed by atoms with van der Waals surface area (Å²) in [6.07, 6.45) is 0. The molecule has 3 aromatic rings. The molecule has 0 amide bonds. The van der Waals surface area contributed by atoms with Crippen molar-refractivity contribution < 1.29 is 19.4 Å². The average Bonchev–Trinajstić information content (AvgIpc) is 2.97. The maximum Gasteiger partial charge on any atom is 0.352 e.